The number of benzene rings is 2. The minimum atomic E-state index is -0.0581. The Balaban J connectivity index is 2.19. The number of allylic oxidation sites excluding steroid dienone is 1. The summed E-state index contributed by atoms with van der Waals surface area (Å²) in [6.07, 6.45) is 3.19. The van der Waals surface area contributed by atoms with E-state index in [0.717, 1.165) is 16.7 Å². The molecule has 0 spiro atoms. The van der Waals surface area contributed by atoms with Crippen LogP contribution in [0.1, 0.15) is 27.0 Å². The summed E-state index contributed by atoms with van der Waals surface area (Å²) in [6, 6.07) is 10.5. The third-order valence-electron chi connectivity index (χ3n) is 3.19. The van der Waals surface area contributed by atoms with Crippen molar-refractivity contribution >= 4 is 23.5 Å². The SMILES string of the molecule is Cc1ccc(C(=O)/C=C/c2ccc(O)c(Cl)c2)cc1C. The molecule has 0 unspecified atom stereocenters. The number of hydrogen-bond donors (Lipinski definition) is 1. The maximum atomic E-state index is 12.1. The van der Waals surface area contributed by atoms with E-state index in [1.165, 1.54) is 12.1 Å². The van der Waals surface area contributed by atoms with Gasteiger partial charge in [0.25, 0.3) is 0 Å². The fraction of sp³-hybridized carbons (Fsp3) is 0.118. The fourth-order valence-corrected chi connectivity index (χ4v) is 1.98. The number of aryl methyl sites for hydroxylation is 2. The Morgan fingerprint density at radius 2 is 1.85 bits per heavy atom. The molecule has 2 aromatic carbocycles. The first-order chi connectivity index (χ1) is 9.47. The molecular weight excluding hydrogens is 272 g/mol. The number of halogens is 1. The molecular formula is C17H15ClO2. The molecule has 0 aliphatic carbocycles. The van der Waals surface area contributed by atoms with Gasteiger partial charge in [-0.1, -0.05) is 35.9 Å². The van der Waals surface area contributed by atoms with Gasteiger partial charge in [0.05, 0.1) is 5.02 Å². The highest BCUT2D eigenvalue weighted by molar-refractivity contribution is 6.32. The highest BCUT2D eigenvalue weighted by atomic mass is 35.5. The normalized spacial score (nSPS) is 10.9. The van der Waals surface area contributed by atoms with Crippen molar-refractivity contribution in [1.82, 2.24) is 0 Å². The van der Waals surface area contributed by atoms with Crippen LogP contribution in [-0.2, 0) is 0 Å². The monoisotopic (exact) mass is 286 g/mol. The van der Waals surface area contributed by atoms with Gasteiger partial charge in [0.2, 0.25) is 0 Å². The molecule has 20 heavy (non-hydrogen) atoms. The maximum absolute atomic E-state index is 12.1. The summed E-state index contributed by atoms with van der Waals surface area (Å²) in [5.41, 5.74) is 3.69. The average Bonchev–Trinajstić information content (AvgIpc) is 2.43. The summed E-state index contributed by atoms with van der Waals surface area (Å²) in [7, 11) is 0. The predicted molar refractivity (Wildman–Crippen MR) is 82.4 cm³/mol. The largest absolute Gasteiger partial charge is 0.506 e. The topological polar surface area (TPSA) is 37.3 Å². The van der Waals surface area contributed by atoms with E-state index in [0.29, 0.717) is 5.56 Å². The van der Waals surface area contributed by atoms with Gasteiger partial charge in [0, 0.05) is 5.56 Å². The first kappa shape index (κ1) is 14.4. The maximum Gasteiger partial charge on any atom is 0.185 e. The van der Waals surface area contributed by atoms with Crippen molar-refractivity contribution in [1.29, 1.82) is 0 Å². The van der Waals surface area contributed by atoms with Crippen LogP contribution in [0.15, 0.2) is 42.5 Å². The van der Waals surface area contributed by atoms with Crippen molar-refractivity contribution < 1.29 is 9.90 Å². The molecule has 2 nitrogen and oxygen atoms in total. The zero-order valence-electron chi connectivity index (χ0n) is 11.4. The Hall–Kier alpha value is -2.06. The Kier molecular flexibility index (Phi) is 4.26. The quantitative estimate of drug-likeness (QED) is 0.663. The molecule has 0 atom stereocenters. The molecule has 0 heterocycles. The molecule has 0 saturated heterocycles. The van der Waals surface area contributed by atoms with E-state index >= 15 is 0 Å². The Morgan fingerprint density at radius 3 is 2.50 bits per heavy atom. The lowest BCUT2D eigenvalue weighted by atomic mass is 10.0. The van der Waals surface area contributed by atoms with E-state index in [2.05, 4.69) is 0 Å². The lowest BCUT2D eigenvalue weighted by molar-refractivity contribution is 0.104. The number of carbonyl (C=O) groups excluding carboxylic acids is 1. The lowest BCUT2D eigenvalue weighted by Gasteiger charge is -2.02. The molecule has 0 bridgehead atoms. The van der Waals surface area contributed by atoms with Crippen molar-refractivity contribution in [3.8, 4) is 5.75 Å². The van der Waals surface area contributed by atoms with E-state index < -0.39 is 0 Å². The number of hydrogen-bond acceptors (Lipinski definition) is 2. The van der Waals surface area contributed by atoms with Crippen LogP contribution in [0.2, 0.25) is 5.02 Å². The fourth-order valence-electron chi connectivity index (χ4n) is 1.79. The molecule has 0 aliphatic heterocycles. The predicted octanol–water partition coefficient (Wildman–Crippen LogP) is 4.56. The van der Waals surface area contributed by atoms with Gasteiger partial charge in [-0.05, 0) is 54.8 Å². The molecule has 0 aliphatic rings. The van der Waals surface area contributed by atoms with Crippen LogP contribution >= 0.6 is 11.6 Å². The smallest absolute Gasteiger partial charge is 0.185 e. The standard InChI is InChI=1S/C17H15ClO2/c1-11-3-6-14(9-12(11)2)16(19)7-4-13-5-8-17(20)15(18)10-13/h3-10,20H,1-2H3/b7-4+. The van der Waals surface area contributed by atoms with Crippen LogP contribution < -0.4 is 0 Å². The lowest BCUT2D eigenvalue weighted by Crippen LogP contribution is -1.95. The van der Waals surface area contributed by atoms with Crippen molar-refractivity contribution in [3.63, 3.8) is 0 Å². The second kappa shape index (κ2) is 5.93. The minimum absolute atomic E-state index is 0.0318. The average molecular weight is 287 g/mol. The number of carbonyl (C=O) groups is 1. The summed E-state index contributed by atoms with van der Waals surface area (Å²) < 4.78 is 0. The third-order valence-corrected chi connectivity index (χ3v) is 3.49. The van der Waals surface area contributed by atoms with Gasteiger partial charge in [-0.2, -0.15) is 0 Å². The van der Waals surface area contributed by atoms with Crippen LogP contribution in [0.5, 0.6) is 5.75 Å². The molecule has 3 heteroatoms. The van der Waals surface area contributed by atoms with E-state index in [4.69, 9.17) is 11.6 Å². The van der Waals surface area contributed by atoms with Gasteiger partial charge in [-0.3, -0.25) is 4.79 Å². The zero-order valence-corrected chi connectivity index (χ0v) is 12.1. The van der Waals surface area contributed by atoms with Crippen molar-refractivity contribution in [2.45, 2.75) is 13.8 Å². The number of ketones is 1. The number of phenolic OH excluding ortho intramolecular Hbond substituents is 1. The molecule has 0 aromatic heterocycles. The van der Waals surface area contributed by atoms with Crippen molar-refractivity contribution in [3.05, 3.63) is 69.8 Å². The first-order valence-corrected chi connectivity index (χ1v) is 6.63. The number of rotatable bonds is 3. The van der Waals surface area contributed by atoms with Gasteiger partial charge in [0.1, 0.15) is 5.75 Å². The van der Waals surface area contributed by atoms with E-state index in [1.807, 2.05) is 32.0 Å². The number of phenols is 1. The van der Waals surface area contributed by atoms with Crippen LogP contribution in [0.25, 0.3) is 6.08 Å². The Bertz CT molecular complexity index is 687. The zero-order chi connectivity index (χ0) is 14.7. The van der Waals surface area contributed by atoms with Gasteiger partial charge < -0.3 is 5.11 Å². The molecule has 0 fully saturated rings. The summed E-state index contributed by atoms with van der Waals surface area (Å²) >= 11 is 5.82. The van der Waals surface area contributed by atoms with Crippen LogP contribution in [0, 0.1) is 13.8 Å². The molecule has 2 rings (SSSR count). The van der Waals surface area contributed by atoms with Gasteiger partial charge in [0.15, 0.2) is 5.78 Å². The summed E-state index contributed by atoms with van der Waals surface area (Å²) in [6.45, 7) is 3.99. The molecule has 0 amide bonds. The molecule has 0 radical (unpaired) electrons. The van der Waals surface area contributed by atoms with Crippen LogP contribution in [0.3, 0.4) is 0 Å². The molecule has 2 aromatic rings. The van der Waals surface area contributed by atoms with Gasteiger partial charge >= 0.3 is 0 Å². The van der Waals surface area contributed by atoms with E-state index in [-0.39, 0.29) is 16.6 Å². The van der Waals surface area contributed by atoms with Gasteiger partial charge in [-0.25, -0.2) is 0 Å². The van der Waals surface area contributed by atoms with E-state index in [1.54, 1.807) is 18.2 Å². The minimum Gasteiger partial charge on any atom is -0.506 e. The summed E-state index contributed by atoms with van der Waals surface area (Å²) in [5.74, 6) is -0.0263. The third kappa shape index (κ3) is 3.28. The highest BCUT2D eigenvalue weighted by Gasteiger charge is 2.03. The first-order valence-electron chi connectivity index (χ1n) is 6.25. The summed E-state index contributed by atoms with van der Waals surface area (Å²) in [4.78, 5) is 12.1. The number of aromatic hydroxyl groups is 1. The molecule has 0 saturated carbocycles. The van der Waals surface area contributed by atoms with Crippen LogP contribution in [-0.4, -0.2) is 10.9 Å². The highest BCUT2D eigenvalue weighted by Crippen LogP contribution is 2.24. The second-order valence-corrected chi connectivity index (χ2v) is 5.11. The molecule has 102 valence electrons. The Labute approximate surface area is 123 Å². The van der Waals surface area contributed by atoms with Crippen molar-refractivity contribution in [2.24, 2.45) is 0 Å². The molecule has 1 N–H and O–H groups in total. The summed E-state index contributed by atoms with van der Waals surface area (Å²) in [5, 5.41) is 9.60. The van der Waals surface area contributed by atoms with Gasteiger partial charge in [-0.15, -0.1) is 0 Å². The van der Waals surface area contributed by atoms with E-state index in [9.17, 15) is 9.90 Å². The van der Waals surface area contributed by atoms with Crippen molar-refractivity contribution in [2.75, 3.05) is 0 Å². The van der Waals surface area contributed by atoms with Crippen LogP contribution in [0.4, 0.5) is 0 Å². The second-order valence-electron chi connectivity index (χ2n) is 4.71. The Morgan fingerprint density at radius 1 is 1.10 bits per heavy atom.